The minimum absolute atomic E-state index is 0.362. The summed E-state index contributed by atoms with van der Waals surface area (Å²) in [6.45, 7) is 0. The lowest BCUT2D eigenvalue weighted by Gasteiger charge is -2.21. The first kappa shape index (κ1) is 20.4. The van der Waals surface area contributed by atoms with E-state index in [0.29, 0.717) is 34.8 Å². The molecule has 2 heterocycles. The number of benzene rings is 2. The van der Waals surface area contributed by atoms with Crippen molar-refractivity contribution < 1.29 is 17.9 Å². The number of imidazole rings is 1. The van der Waals surface area contributed by atoms with Crippen LogP contribution in [0.3, 0.4) is 0 Å². The second-order valence-corrected chi connectivity index (χ2v) is 6.79. The first-order valence-electron chi connectivity index (χ1n) is 9.21. The maximum Gasteiger partial charge on any atom is 0.416 e. The van der Waals surface area contributed by atoms with Crippen molar-refractivity contribution in [1.82, 2.24) is 9.55 Å². The van der Waals surface area contributed by atoms with Gasteiger partial charge in [0.25, 0.3) is 0 Å². The number of anilines is 1. The Labute approximate surface area is 176 Å². The van der Waals surface area contributed by atoms with Crippen molar-refractivity contribution in [3.05, 3.63) is 83.2 Å². The van der Waals surface area contributed by atoms with Crippen LogP contribution < -0.4 is 21.3 Å². The minimum atomic E-state index is -4.39. The van der Waals surface area contributed by atoms with Crippen LogP contribution in [0.4, 0.5) is 18.9 Å². The van der Waals surface area contributed by atoms with Crippen molar-refractivity contribution in [1.29, 1.82) is 0 Å². The Balaban J connectivity index is 1.76. The van der Waals surface area contributed by atoms with Crippen molar-refractivity contribution in [3.63, 3.8) is 0 Å². The van der Waals surface area contributed by atoms with Crippen LogP contribution in [0.15, 0.2) is 60.7 Å². The fourth-order valence-corrected chi connectivity index (χ4v) is 3.31. The molecule has 0 aliphatic carbocycles. The molecular formula is C22H18F3N5O. The topological polar surface area (TPSA) is 82.3 Å². The van der Waals surface area contributed by atoms with Gasteiger partial charge >= 0.3 is 6.18 Å². The predicted octanol–water partition coefficient (Wildman–Crippen LogP) is 3.34. The van der Waals surface area contributed by atoms with Gasteiger partial charge in [-0.1, -0.05) is 5.92 Å². The van der Waals surface area contributed by atoms with Gasteiger partial charge < -0.3 is 10.5 Å². The van der Waals surface area contributed by atoms with Crippen LogP contribution in [0.25, 0.3) is 5.69 Å². The summed E-state index contributed by atoms with van der Waals surface area (Å²) in [4.78, 5) is 4.40. The summed E-state index contributed by atoms with van der Waals surface area (Å²) in [5, 5.41) is 1.48. The van der Waals surface area contributed by atoms with E-state index in [2.05, 4.69) is 16.8 Å². The van der Waals surface area contributed by atoms with Crippen LogP contribution in [-0.2, 0) is 12.6 Å². The second kappa shape index (κ2) is 7.74. The highest BCUT2D eigenvalue weighted by Crippen LogP contribution is 2.35. The maximum absolute atomic E-state index is 12.7. The molecule has 0 bridgehead atoms. The van der Waals surface area contributed by atoms with Crippen molar-refractivity contribution in [2.24, 2.45) is 11.6 Å². The Morgan fingerprint density at radius 3 is 2.48 bits per heavy atom. The normalized spacial score (nSPS) is 14.4. The molecular weight excluding hydrogens is 407 g/mol. The number of rotatable bonds is 1. The molecule has 0 radical (unpaired) electrons. The zero-order chi connectivity index (χ0) is 22.2. The third-order valence-corrected chi connectivity index (χ3v) is 4.96. The number of hydrogen-bond donors (Lipinski definition) is 2. The molecule has 3 aromatic rings. The van der Waals surface area contributed by atoms with Crippen molar-refractivity contribution in [2.75, 3.05) is 12.1 Å². The molecule has 0 fully saturated rings. The minimum Gasteiger partial charge on any atom is -0.497 e. The van der Waals surface area contributed by atoms with Crippen LogP contribution in [-0.4, -0.2) is 16.7 Å². The average molecular weight is 425 g/mol. The zero-order valence-corrected chi connectivity index (χ0v) is 16.4. The van der Waals surface area contributed by atoms with Gasteiger partial charge in [-0.15, -0.1) is 0 Å². The second-order valence-electron chi connectivity index (χ2n) is 6.79. The lowest BCUT2D eigenvalue weighted by atomic mass is 10.1. The highest BCUT2D eigenvalue weighted by atomic mass is 19.4. The Hall–Kier alpha value is -3.90. The first-order valence-corrected chi connectivity index (χ1v) is 9.21. The molecule has 0 saturated heterocycles. The van der Waals surface area contributed by atoms with E-state index in [1.54, 1.807) is 25.6 Å². The average Bonchev–Trinajstić information content (AvgIpc) is 3.11. The molecule has 0 saturated carbocycles. The number of fused-ring (bicyclic) bond motifs is 3. The van der Waals surface area contributed by atoms with E-state index in [9.17, 15) is 13.2 Å². The van der Waals surface area contributed by atoms with Gasteiger partial charge in [0.05, 0.1) is 35.4 Å². The number of nitrogens with two attached hydrogens (primary N) is 2. The van der Waals surface area contributed by atoms with Gasteiger partial charge in [-0.2, -0.15) is 13.2 Å². The SMILES string of the molecule is COc1ccc2c(c1)N(N)/C(=C\N)Cc1c(C#Cc3ccc(C(F)(F)F)cc3)ncn1-2. The number of hydrazine groups is 1. The molecule has 0 unspecified atom stereocenters. The van der Waals surface area contributed by atoms with Gasteiger partial charge in [-0.3, -0.25) is 9.58 Å². The Kier molecular flexibility index (Phi) is 5.09. The van der Waals surface area contributed by atoms with E-state index in [1.165, 1.54) is 23.3 Å². The zero-order valence-electron chi connectivity index (χ0n) is 16.4. The summed E-state index contributed by atoms with van der Waals surface area (Å²) in [7, 11) is 1.57. The number of hydrogen-bond acceptors (Lipinski definition) is 5. The molecule has 1 aliphatic rings. The van der Waals surface area contributed by atoms with Gasteiger partial charge in [-0.25, -0.2) is 10.8 Å². The summed E-state index contributed by atoms with van der Waals surface area (Å²) in [5.74, 6) is 12.8. The largest absolute Gasteiger partial charge is 0.497 e. The molecule has 0 spiro atoms. The summed E-state index contributed by atoms with van der Waals surface area (Å²) < 4.78 is 45.4. The Morgan fingerprint density at radius 1 is 1.10 bits per heavy atom. The van der Waals surface area contributed by atoms with Crippen molar-refractivity contribution >= 4 is 5.69 Å². The molecule has 158 valence electrons. The van der Waals surface area contributed by atoms with Crippen LogP contribution in [0.1, 0.15) is 22.5 Å². The van der Waals surface area contributed by atoms with E-state index in [1.807, 2.05) is 10.6 Å². The predicted molar refractivity (Wildman–Crippen MR) is 110 cm³/mol. The molecule has 4 N–H and O–H groups in total. The number of ether oxygens (including phenoxy) is 1. The summed E-state index contributed by atoms with van der Waals surface area (Å²) >= 11 is 0. The number of alkyl halides is 3. The van der Waals surface area contributed by atoms with Gasteiger partial charge in [0.1, 0.15) is 17.8 Å². The van der Waals surface area contributed by atoms with Gasteiger partial charge in [0.2, 0.25) is 0 Å². The summed E-state index contributed by atoms with van der Waals surface area (Å²) in [5.41, 5.74) is 8.85. The highest BCUT2D eigenvalue weighted by molar-refractivity contribution is 5.70. The lowest BCUT2D eigenvalue weighted by Crippen LogP contribution is -2.31. The highest BCUT2D eigenvalue weighted by Gasteiger charge is 2.30. The smallest absolute Gasteiger partial charge is 0.416 e. The quantitative estimate of drug-likeness (QED) is 0.462. The molecule has 6 nitrogen and oxygen atoms in total. The monoisotopic (exact) mass is 425 g/mol. The molecule has 4 rings (SSSR count). The fourth-order valence-electron chi connectivity index (χ4n) is 3.31. The van der Waals surface area contributed by atoms with Gasteiger partial charge in [0, 0.05) is 24.3 Å². The van der Waals surface area contributed by atoms with Crippen molar-refractivity contribution in [3.8, 4) is 23.3 Å². The van der Waals surface area contributed by atoms with E-state index in [0.717, 1.165) is 23.5 Å². The fraction of sp³-hybridized carbons (Fsp3) is 0.136. The molecule has 0 amide bonds. The summed E-state index contributed by atoms with van der Waals surface area (Å²) in [6.07, 6.45) is -0.979. The lowest BCUT2D eigenvalue weighted by molar-refractivity contribution is -0.137. The molecule has 0 atom stereocenters. The van der Waals surface area contributed by atoms with Crippen LogP contribution in [0.2, 0.25) is 0 Å². The van der Waals surface area contributed by atoms with Crippen LogP contribution in [0.5, 0.6) is 5.75 Å². The number of halogens is 3. The first-order chi connectivity index (χ1) is 14.8. The molecule has 31 heavy (non-hydrogen) atoms. The number of allylic oxidation sites excluding steroid dienone is 1. The van der Waals surface area contributed by atoms with E-state index >= 15 is 0 Å². The van der Waals surface area contributed by atoms with Crippen LogP contribution >= 0.6 is 0 Å². The Bertz CT molecular complexity index is 1220. The summed E-state index contributed by atoms with van der Waals surface area (Å²) in [6, 6.07) is 10.1. The van der Waals surface area contributed by atoms with E-state index in [-0.39, 0.29) is 0 Å². The molecule has 1 aliphatic heterocycles. The standard InChI is InChI=1S/C22H18F3N5O/c1-31-17-7-9-19-21(11-17)30(27)16(12-26)10-20-18(28-13-29(19)20)8-4-14-2-5-15(6-3-14)22(23,24)25/h2-3,5-7,9,11-13H,10,26-27H2,1H3/b16-12-. The third-order valence-electron chi connectivity index (χ3n) is 4.96. The number of methoxy groups -OCH3 is 1. The molecule has 1 aromatic heterocycles. The van der Waals surface area contributed by atoms with Crippen LogP contribution in [0, 0.1) is 11.8 Å². The van der Waals surface area contributed by atoms with E-state index < -0.39 is 11.7 Å². The van der Waals surface area contributed by atoms with Gasteiger partial charge in [0.15, 0.2) is 0 Å². The third kappa shape index (κ3) is 3.81. The maximum atomic E-state index is 12.7. The Morgan fingerprint density at radius 2 is 1.84 bits per heavy atom. The van der Waals surface area contributed by atoms with Crippen molar-refractivity contribution in [2.45, 2.75) is 12.6 Å². The molecule has 2 aromatic carbocycles. The van der Waals surface area contributed by atoms with Gasteiger partial charge in [-0.05, 0) is 42.3 Å². The van der Waals surface area contributed by atoms with E-state index in [4.69, 9.17) is 16.3 Å². The number of aromatic nitrogens is 2. The molecule has 9 heteroatoms. The number of nitrogens with zero attached hydrogens (tertiary/aromatic N) is 3.